The first-order chi connectivity index (χ1) is 11.5. The minimum Gasteiger partial charge on any atom is -0.492 e. The van der Waals surface area contributed by atoms with E-state index in [4.69, 9.17) is 9.88 Å². The van der Waals surface area contributed by atoms with E-state index >= 15 is 0 Å². The van der Waals surface area contributed by atoms with Gasteiger partial charge in [-0.15, -0.1) is 0 Å². The molecular formula is C15H17BrN2O5S2. The van der Waals surface area contributed by atoms with E-state index in [1.165, 1.54) is 30.3 Å². The third-order valence-corrected chi connectivity index (χ3v) is 6.19. The van der Waals surface area contributed by atoms with Crippen molar-refractivity contribution in [1.29, 1.82) is 0 Å². The summed E-state index contributed by atoms with van der Waals surface area (Å²) in [4.78, 5) is -0.214. The van der Waals surface area contributed by atoms with Gasteiger partial charge in [0.15, 0.2) is 0 Å². The molecule has 0 aromatic heterocycles. The lowest BCUT2D eigenvalue weighted by Gasteiger charge is -2.14. The largest absolute Gasteiger partial charge is 0.492 e. The van der Waals surface area contributed by atoms with Gasteiger partial charge in [-0.05, 0) is 49.7 Å². The Morgan fingerprint density at radius 1 is 1.08 bits per heavy atom. The summed E-state index contributed by atoms with van der Waals surface area (Å²) in [5, 5.41) is 5.15. The van der Waals surface area contributed by atoms with Gasteiger partial charge >= 0.3 is 0 Å². The summed E-state index contributed by atoms with van der Waals surface area (Å²) < 4.78 is 56.9. The summed E-state index contributed by atoms with van der Waals surface area (Å²) in [6.07, 6.45) is 0. The van der Waals surface area contributed by atoms with E-state index in [1.54, 1.807) is 19.9 Å². The smallest absolute Gasteiger partial charge is 0.265 e. The van der Waals surface area contributed by atoms with Crippen LogP contribution in [0.25, 0.3) is 0 Å². The zero-order valence-electron chi connectivity index (χ0n) is 13.5. The van der Waals surface area contributed by atoms with Crippen LogP contribution in [-0.4, -0.2) is 23.4 Å². The van der Waals surface area contributed by atoms with E-state index in [0.717, 1.165) is 0 Å². The van der Waals surface area contributed by atoms with Crippen LogP contribution in [0.15, 0.2) is 50.7 Å². The molecule has 0 saturated heterocycles. The van der Waals surface area contributed by atoms with Crippen LogP contribution in [0.5, 0.6) is 5.75 Å². The van der Waals surface area contributed by atoms with E-state index in [2.05, 4.69) is 20.7 Å². The molecule has 2 rings (SSSR count). The van der Waals surface area contributed by atoms with Crippen LogP contribution in [0.4, 0.5) is 5.69 Å². The van der Waals surface area contributed by atoms with E-state index < -0.39 is 20.0 Å². The van der Waals surface area contributed by atoms with Crippen molar-refractivity contribution >= 4 is 41.7 Å². The lowest BCUT2D eigenvalue weighted by Crippen LogP contribution is -2.17. The van der Waals surface area contributed by atoms with Gasteiger partial charge in [-0.1, -0.05) is 22.0 Å². The van der Waals surface area contributed by atoms with Crippen LogP contribution in [-0.2, 0) is 20.0 Å². The predicted octanol–water partition coefficient (Wildman–Crippen LogP) is 2.60. The van der Waals surface area contributed by atoms with Crippen molar-refractivity contribution in [3.63, 3.8) is 0 Å². The molecule has 0 amide bonds. The molecule has 0 heterocycles. The highest BCUT2D eigenvalue weighted by molar-refractivity contribution is 9.10. The summed E-state index contributed by atoms with van der Waals surface area (Å²) >= 11 is 3.23. The number of hydrogen-bond donors (Lipinski definition) is 2. The average molecular weight is 449 g/mol. The van der Waals surface area contributed by atoms with E-state index in [1.807, 2.05) is 0 Å². The second-order valence-electron chi connectivity index (χ2n) is 5.15. The van der Waals surface area contributed by atoms with Gasteiger partial charge in [0.2, 0.25) is 10.0 Å². The number of nitrogens with one attached hydrogen (secondary N) is 1. The number of primary sulfonamides is 1. The normalized spacial score (nSPS) is 12.0. The first-order valence-electron chi connectivity index (χ1n) is 7.13. The Balaban J connectivity index is 2.49. The number of benzene rings is 2. The standard InChI is InChI=1S/C15H17BrN2O5S2/c1-3-23-13-7-5-11(16)8-15(13)25(21,22)18-12-6-4-10(2)14(9-12)24(17,19)20/h4-9,18H,3H2,1-2H3,(H2,17,19,20). The van der Waals surface area contributed by atoms with E-state index in [9.17, 15) is 16.8 Å². The predicted molar refractivity (Wildman–Crippen MR) is 98.7 cm³/mol. The lowest BCUT2D eigenvalue weighted by molar-refractivity contribution is 0.331. The monoisotopic (exact) mass is 448 g/mol. The maximum atomic E-state index is 12.7. The van der Waals surface area contributed by atoms with Crippen LogP contribution in [0.1, 0.15) is 12.5 Å². The highest BCUT2D eigenvalue weighted by Gasteiger charge is 2.21. The Labute approximate surface area is 155 Å². The van der Waals surface area contributed by atoms with Crippen molar-refractivity contribution in [2.75, 3.05) is 11.3 Å². The average Bonchev–Trinajstić information content (AvgIpc) is 2.50. The number of rotatable bonds is 6. The van der Waals surface area contributed by atoms with Crippen molar-refractivity contribution in [3.05, 3.63) is 46.4 Å². The topological polar surface area (TPSA) is 116 Å². The SMILES string of the molecule is CCOc1ccc(Br)cc1S(=O)(=O)Nc1ccc(C)c(S(N)(=O)=O)c1. The molecule has 2 aromatic carbocycles. The third-order valence-electron chi connectivity index (χ3n) is 3.24. The van der Waals surface area contributed by atoms with Crippen molar-refractivity contribution in [1.82, 2.24) is 0 Å². The number of anilines is 1. The number of aryl methyl sites for hydroxylation is 1. The summed E-state index contributed by atoms with van der Waals surface area (Å²) in [6.45, 7) is 3.61. The number of nitrogens with two attached hydrogens (primary N) is 1. The molecule has 2 aromatic rings. The molecule has 0 unspecified atom stereocenters. The second-order valence-corrected chi connectivity index (χ2v) is 9.25. The molecule has 0 fully saturated rings. The van der Waals surface area contributed by atoms with E-state index in [0.29, 0.717) is 16.6 Å². The molecule has 10 heteroatoms. The molecule has 0 saturated carbocycles. The first-order valence-corrected chi connectivity index (χ1v) is 11.0. The van der Waals surface area contributed by atoms with Gasteiger partial charge < -0.3 is 4.74 Å². The Bertz CT molecular complexity index is 1000. The van der Waals surface area contributed by atoms with E-state index in [-0.39, 0.29) is 21.2 Å². The Morgan fingerprint density at radius 3 is 2.36 bits per heavy atom. The summed E-state index contributed by atoms with van der Waals surface area (Å²) in [7, 11) is -7.97. The van der Waals surface area contributed by atoms with Crippen LogP contribution in [0.2, 0.25) is 0 Å². The number of hydrogen-bond acceptors (Lipinski definition) is 5. The second kappa shape index (κ2) is 7.32. The van der Waals surface area contributed by atoms with Gasteiger partial charge in [-0.25, -0.2) is 22.0 Å². The molecule has 0 aliphatic carbocycles. The fraction of sp³-hybridized carbons (Fsp3) is 0.200. The molecule has 0 aliphatic rings. The van der Waals surface area contributed by atoms with Crippen LogP contribution in [0.3, 0.4) is 0 Å². The maximum absolute atomic E-state index is 12.7. The fourth-order valence-corrected chi connectivity index (χ4v) is 4.69. The van der Waals surface area contributed by atoms with Gasteiger partial charge in [0.25, 0.3) is 10.0 Å². The summed E-state index contributed by atoms with van der Waals surface area (Å²) in [5.74, 6) is 0.192. The molecule has 0 spiro atoms. The highest BCUT2D eigenvalue weighted by atomic mass is 79.9. The number of halogens is 1. The van der Waals surface area contributed by atoms with Crippen LogP contribution in [0, 0.1) is 6.92 Å². The zero-order chi connectivity index (χ0) is 18.8. The number of sulfonamides is 2. The molecule has 3 N–H and O–H groups in total. The summed E-state index contributed by atoms with van der Waals surface area (Å²) in [6, 6.07) is 8.71. The molecule has 0 bridgehead atoms. The van der Waals surface area contributed by atoms with Gasteiger partial charge in [0, 0.05) is 4.47 Å². The molecule has 0 aliphatic heterocycles. The molecule has 7 nitrogen and oxygen atoms in total. The molecular weight excluding hydrogens is 432 g/mol. The third kappa shape index (κ3) is 4.72. The fourth-order valence-electron chi connectivity index (χ4n) is 2.15. The van der Waals surface area contributed by atoms with Crippen molar-refractivity contribution < 1.29 is 21.6 Å². The van der Waals surface area contributed by atoms with Gasteiger partial charge in [0.05, 0.1) is 17.2 Å². The molecule has 0 radical (unpaired) electrons. The minimum atomic E-state index is -4.00. The number of ether oxygens (including phenoxy) is 1. The zero-order valence-corrected chi connectivity index (χ0v) is 16.7. The maximum Gasteiger partial charge on any atom is 0.265 e. The quantitative estimate of drug-likeness (QED) is 0.704. The first kappa shape index (κ1) is 19.7. The lowest BCUT2D eigenvalue weighted by atomic mass is 10.2. The summed E-state index contributed by atoms with van der Waals surface area (Å²) in [5.41, 5.74) is 0.500. The Morgan fingerprint density at radius 2 is 1.76 bits per heavy atom. The van der Waals surface area contributed by atoms with Gasteiger partial charge in [-0.3, -0.25) is 4.72 Å². The van der Waals surface area contributed by atoms with Crippen molar-refractivity contribution in [2.24, 2.45) is 5.14 Å². The van der Waals surface area contributed by atoms with Crippen molar-refractivity contribution in [2.45, 2.75) is 23.6 Å². The van der Waals surface area contributed by atoms with Gasteiger partial charge in [-0.2, -0.15) is 0 Å². The Kier molecular flexibility index (Phi) is 5.77. The van der Waals surface area contributed by atoms with Crippen LogP contribution < -0.4 is 14.6 Å². The minimum absolute atomic E-state index is 0.0681. The molecule has 25 heavy (non-hydrogen) atoms. The van der Waals surface area contributed by atoms with Crippen LogP contribution >= 0.6 is 15.9 Å². The molecule has 0 atom stereocenters. The highest BCUT2D eigenvalue weighted by Crippen LogP contribution is 2.30. The van der Waals surface area contributed by atoms with Gasteiger partial charge in [0.1, 0.15) is 10.6 Å². The van der Waals surface area contributed by atoms with Crippen molar-refractivity contribution in [3.8, 4) is 5.75 Å². The molecule has 136 valence electrons. The Hall–Kier alpha value is -1.62.